The average molecular weight is 401 g/mol. The summed E-state index contributed by atoms with van der Waals surface area (Å²) in [6.45, 7) is 0.136. The summed E-state index contributed by atoms with van der Waals surface area (Å²) in [5, 5.41) is 21.5. The van der Waals surface area contributed by atoms with Gasteiger partial charge in [-0.2, -0.15) is 0 Å². The van der Waals surface area contributed by atoms with Crippen LogP contribution in [0.3, 0.4) is 0 Å². The van der Waals surface area contributed by atoms with Gasteiger partial charge in [-0.15, -0.1) is 10.2 Å². The topological polar surface area (TPSA) is 153 Å². The number of amides is 1. The molecule has 0 aliphatic carbocycles. The molecule has 1 heterocycles. The molecule has 11 nitrogen and oxygen atoms in total. The molecule has 0 radical (unpaired) electrons. The fourth-order valence-electron chi connectivity index (χ4n) is 1.80. The molecule has 0 unspecified atom stereocenters. The molecule has 0 bridgehead atoms. The van der Waals surface area contributed by atoms with Crippen molar-refractivity contribution in [3.05, 3.63) is 39.4 Å². The summed E-state index contributed by atoms with van der Waals surface area (Å²) in [6, 6.07) is 4.43. The van der Waals surface area contributed by atoms with E-state index < -0.39 is 20.9 Å². The molecule has 0 aliphatic rings. The second kappa shape index (κ2) is 8.75. The number of nitro benzene ring substituents is 1. The van der Waals surface area contributed by atoms with Crippen molar-refractivity contribution < 1.29 is 22.9 Å². The molecule has 0 fully saturated rings. The number of non-ortho nitro benzene ring substituents is 1. The number of sulfonamides is 1. The minimum atomic E-state index is -3.87. The maximum absolute atomic E-state index is 12.1. The molecule has 2 rings (SSSR count). The summed E-state index contributed by atoms with van der Waals surface area (Å²) in [4.78, 5) is 21.6. The molecule has 0 saturated carbocycles. The third-order valence-corrected chi connectivity index (χ3v) is 5.27. The lowest BCUT2D eigenvalue weighted by Gasteiger charge is -2.06. The number of anilines is 1. The Balaban J connectivity index is 1.85. The lowest BCUT2D eigenvalue weighted by atomic mass is 10.3. The van der Waals surface area contributed by atoms with Crippen LogP contribution >= 0.6 is 11.3 Å². The molecule has 0 aliphatic heterocycles. The number of methoxy groups -OCH3 is 1. The predicted molar refractivity (Wildman–Crippen MR) is 92.2 cm³/mol. The molecule has 0 saturated heterocycles. The van der Waals surface area contributed by atoms with Gasteiger partial charge in [0.1, 0.15) is 11.6 Å². The Labute approximate surface area is 152 Å². The zero-order chi connectivity index (χ0) is 19.2. The van der Waals surface area contributed by atoms with E-state index in [0.717, 1.165) is 35.6 Å². The third kappa shape index (κ3) is 5.52. The molecule has 13 heteroatoms. The zero-order valence-electron chi connectivity index (χ0n) is 13.5. The van der Waals surface area contributed by atoms with Crippen molar-refractivity contribution in [1.82, 2.24) is 14.9 Å². The molecule has 26 heavy (non-hydrogen) atoms. The summed E-state index contributed by atoms with van der Waals surface area (Å²) >= 11 is 1.15. The number of carbonyl (C=O) groups excluding carboxylic acids is 1. The SMILES string of the molecule is COCc1nnc(NC(=O)CCNS(=O)(=O)c2ccc([N+](=O)[O-])cc2)s1. The van der Waals surface area contributed by atoms with Crippen LogP contribution in [-0.4, -0.2) is 43.1 Å². The minimum Gasteiger partial charge on any atom is -0.377 e. The summed E-state index contributed by atoms with van der Waals surface area (Å²) in [5.41, 5.74) is -0.215. The quantitative estimate of drug-likeness (QED) is 0.464. The first kappa shape index (κ1) is 19.8. The van der Waals surface area contributed by atoms with E-state index in [2.05, 4.69) is 20.2 Å². The van der Waals surface area contributed by atoms with E-state index in [4.69, 9.17) is 4.74 Å². The first-order chi connectivity index (χ1) is 12.3. The first-order valence-electron chi connectivity index (χ1n) is 7.17. The largest absolute Gasteiger partial charge is 0.377 e. The Hall–Kier alpha value is -2.48. The van der Waals surface area contributed by atoms with E-state index in [1.54, 1.807) is 0 Å². The van der Waals surface area contributed by atoms with Crippen LogP contribution in [0.5, 0.6) is 0 Å². The number of ether oxygens (including phenoxy) is 1. The molecule has 2 aromatic rings. The molecule has 1 amide bonds. The van der Waals surface area contributed by atoms with Crippen LogP contribution in [0.25, 0.3) is 0 Å². The highest BCUT2D eigenvalue weighted by Gasteiger charge is 2.16. The van der Waals surface area contributed by atoms with Crippen LogP contribution in [0.2, 0.25) is 0 Å². The Morgan fingerprint density at radius 2 is 2.00 bits per heavy atom. The Morgan fingerprint density at radius 1 is 1.31 bits per heavy atom. The highest BCUT2D eigenvalue weighted by atomic mass is 32.2. The van der Waals surface area contributed by atoms with Crippen LogP contribution in [0.4, 0.5) is 10.8 Å². The van der Waals surface area contributed by atoms with Crippen molar-refractivity contribution in [3.63, 3.8) is 0 Å². The number of rotatable bonds is 9. The molecule has 2 N–H and O–H groups in total. The third-order valence-electron chi connectivity index (χ3n) is 2.98. The summed E-state index contributed by atoms with van der Waals surface area (Å²) in [7, 11) is -2.36. The Kier molecular flexibility index (Phi) is 6.68. The molecule has 1 aromatic heterocycles. The molecular weight excluding hydrogens is 386 g/mol. The van der Waals surface area contributed by atoms with Gasteiger partial charge in [-0.05, 0) is 12.1 Å². The van der Waals surface area contributed by atoms with Gasteiger partial charge in [-0.25, -0.2) is 13.1 Å². The normalized spacial score (nSPS) is 11.3. The van der Waals surface area contributed by atoms with E-state index >= 15 is 0 Å². The lowest BCUT2D eigenvalue weighted by molar-refractivity contribution is -0.384. The van der Waals surface area contributed by atoms with Crippen molar-refractivity contribution in [1.29, 1.82) is 0 Å². The number of nitro groups is 1. The van der Waals surface area contributed by atoms with Crippen molar-refractivity contribution in [2.45, 2.75) is 17.9 Å². The van der Waals surface area contributed by atoms with Gasteiger partial charge >= 0.3 is 0 Å². The van der Waals surface area contributed by atoms with E-state index in [9.17, 15) is 23.3 Å². The van der Waals surface area contributed by atoms with Crippen LogP contribution in [0.15, 0.2) is 29.2 Å². The van der Waals surface area contributed by atoms with Gasteiger partial charge in [0.15, 0.2) is 0 Å². The van der Waals surface area contributed by atoms with Crippen LogP contribution < -0.4 is 10.0 Å². The van der Waals surface area contributed by atoms with Gasteiger partial charge in [-0.1, -0.05) is 11.3 Å². The Morgan fingerprint density at radius 3 is 2.62 bits per heavy atom. The number of nitrogens with zero attached hydrogens (tertiary/aromatic N) is 3. The molecule has 0 atom stereocenters. The van der Waals surface area contributed by atoms with Crippen molar-refractivity contribution in [3.8, 4) is 0 Å². The average Bonchev–Trinajstić information content (AvgIpc) is 3.02. The Bertz CT molecular complexity index is 881. The van der Waals surface area contributed by atoms with Crippen LogP contribution in [-0.2, 0) is 26.2 Å². The lowest BCUT2D eigenvalue weighted by Crippen LogP contribution is -2.27. The number of benzene rings is 1. The smallest absolute Gasteiger partial charge is 0.269 e. The van der Waals surface area contributed by atoms with Gasteiger partial charge in [-0.3, -0.25) is 14.9 Å². The highest BCUT2D eigenvalue weighted by Crippen LogP contribution is 2.17. The second-order valence-corrected chi connectivity index (χ2v) is 7.71. The molecule has 1 aromatic carbocycles. The van der Waals surface area contributed by atoms with Crippen molar-refractivity contribution >= 4 is 38.1 Å². The van der Waals surface area contributed by atoms with Gasteiger partial charge in [0.2, 0.25) is 21.1 Å². The number of nitrogens with one attached hydrogen (secondary N) is 2. The highest BCUT2D eigenvalue weighted by molar-refractivity contribution is 7.89. The van der Waals surface area contributed by atoms with E-state index in [1.807, 2.05) is 0 Å². The van der Waals surface area contributed by atoms with E-state index in [-0.39, 0.29) is 30.2 Å². The maximum Gasteiger partial charge on any atom is 0.269 e. The number of hydrogen-bond donors (Lipinski definition) is 2. The maximum atomic E-state index is 12.1. The van der Waals surface area contributed by atoms with E-state index in [0.29, 0.717) is 10.1 Å². The second-order valence-electron chi connectivity index (χ2n) is 4.88. The molecule has 0 spiro atoms. The number of aromatic nitrogens is 2. The van der Waals surface area contributed by atoms with Gasteiger partial charge in [0.25, 0.3) is 5.69 Å². The number of hydrogen-bond acceptors (Lipinski definition) is 9. The minimum absolute atomic E-state index is 0.120. The zero-order valence-corrected chi connectivity index (χ0v) is 15.2. The van der Waals surface area contributed by atoms with Gasteiger partial charge < -0.3 is 10.1 Å². The fourth-order valence-corrected chi connectivity index (χ4v) is 3.56. The molecular formula is C13H15N5O6S2. The van der Waals surface area contributed by atoms with Crippen LogP contribution in [0, 0.1) is 10.1 Å². The van der Waals surface area contributed by atoms with Crippen molar-refractivity contribution in [2.75, 3.05) is 19.0 Å². The fraction of sp³-hybridized carbons (Fsp3) is 0.308. The predicted octanol–water partition coefficient (Wildman–Crippen LogP) is 0.900. The van der Waals surface area contributed by atoms with Gasteiger partial charge in [0, 0.05) is 32.2 Å². The first-order valence-corrected chi connectivity index (χ1v) is 9.47. The summed E-state index contributed by atoms with van der Waals surface area (Å²) in [6.07, 6.45) is -0.120. The van der Waals surface area contributed by atoms with E-state index in [1.165, 1.54) is 7.11 Å². The summed E-state index contributed by atoms with van der Waals surface area (Å²) < 4.78 is 31.3. The summed E-state index contributed by atoms with van der Waals surface area (Å²) in [5.74, 6) is -0.434. The standard InChI is InChI=1S/C13H15N5O6S2/c1-24-8-12-16-17-13(25-12)15-11(19)6-7-14-26(22,23)10-4-2-9(3-5-10)18(20)21/h2-5,14H,6-8H2,1H3,(H,15,17,19). The molecule has 140 valence electrons. The van der Waals surface area contributed by atoms with Gasteiger partial charge in [0.05, 0.1) is 9.82 Å². The number of carbonyl (C=O) groups is 1. The monoisotopic (exact) mass is 401 g/mol. The van der Waals surface area contributed by atoms with Crippen molar-refractivity contribution in [2.24, 2.45) is 0 Å². The van der Waals surface area contributed by atoms with Crippen LogP contribution in [0.1, 0.15) is 11.4 Å².